The number of nitrogens with one attached hydrogen (secondary N) is 3. The molecule has 1 fully saturated rings. The van der Waals surface area contributed by atoms with Gasteiger partial charge in [0, 0.05) is 50.4 Å². The molecule has 2 aromatic rings. The zero-order chi connectivity index (χ0) is 28.1. The lowest BCUT2D eigenvalue weighted by atomic mass is 9.98. The van der Waals surface area contributed by atoms with E-state index in [1.165, 1.54) is 12.1 Å². The number of anilines is 1. The van der Waals surface area contributed by atoms with Crippen LogP contribution in [0, 0.1) is 16.6 Å². The van der Waals surface area contributed by atoms with Crippen molar-refractivity contribution in [3.05, 3.63) is 52.8 Å². The summed E-state index contributed by atoms with van der Waals surface area (Å²) in [4.78, 5) is 18.3. The highest BCUT2D eigenvalue weighted by atomic mass is 19.1. The zero-order valence-corrected chi connectivity index (χ0v) is 22.8. The number of carbonyl (C=O) groups is 1. The van der Waals surface area contributed by atoms with Crippen LogP contribution >= 0.6 is 0 Å². The van der Waals surface area contributed by atoms with Gasteiger partial charge in [-0.2, -0.15) is 0 Å². The molecule has 10 heteroatoms. The number of carbonyl (C=O) groups excluding carboxylic acids is 1. The van der Waals surface area contributed by atoms with E-state index >= 15 is 4.39 Å². The summed E-state index contributed by atoms with van der Waals surface area (Å²) in [5.41, 5.74) is 1.09. The summed E-state index contributed by atoms with van der Waals surface area (Å²) in [5, 5.41) is 40.9. The molecular weight excluding hydrogens is 487 g/mol. The molecule has 1 saturated heterocycles. The summed E-state index contributed by atoms with van der Waals surface area (Å²) in [6.45, 7) is 14.3. The monoisotopic (exact) mass is 526 g/mol. The molecule has 0 aliphatic carbocycles. The number of amidine groups is 2. The number of benzene rings is 2. The Bertz CT molecular complexity index is 1190. The van der Waals surface area contributed by atoms with Gasteiger partial charge in [0.1, 0.15) is 23.2 Å². The van der Waals surface area contributed by atoms with Crippen molar-refractivity contribution in [1.29, 1.82) is 10.8 Å². The molecule has 9 nitrogen and oxygen atoms in total. The molecule has 0 unspecified atom stereocenters. The average Bonchev–Trinajstić information content (AvgIpc) is 2.85. The predicted molar refractivity (Wildman–Crippen MR) is 148 cm³/mol. The van der Waals surface area contributed by atoms with Gasteiger partial charge in [-0.05, 0) is 50.1 Å². The minimum Gasteiger partial charge on any atom is -0.508 e. The number of hydrogen-bond donors (Lipinski definition) is 5. The summed E-state index contributed by atoms with van der Waals surface area (Å²) in [6, 6.07) is 6.73. The van der Waals surface area contributed by atoms with Crippen LogP contribution in [0.15, 0.2) is 30.3 Å². The maximum Gasteiger partial charge on any atom is 0.287 e. The van der Waals surface area contributed by atoms with Crippen LogP contribution in [0.3, 0.4) is 0 Å². The molecule has 2 aromatic carbocycles. The fraction of sp³-hybridized carbons (Fsp3) is 0.464. The molecule has 0 spiro atoms. The number of amides is 1. The van der Waals surface area contributed by atoms with Crippen LogP contribution in [-0.2, 0) is 11.3 Å². The number of piperazine rings is 1. The van der Waals surface area contributed by atoms with Crippen molar-refractivity contribution in [2.75, 3.05) is 37.6 Å². The van der Waals surface area contributed by atoms with Crippen LogP contribution < -0.4 is 10.2 Å². The second kappa shape index (κ2) is 12.4. The molecule has 1 amide bonds. The normalized spacial score (nSPS) is 14.6. The maximum absolute atomic E-state index is 15.4. The van der Waals surface area contributed by atoms with Gasteiger partial charge in [0.25, 0.3) is 5.91 Å². The van der Waals surface area contributed by atoms with Crippen LogP contribution in [0.25, 0.3) is 0 Å². The fourth-order valence-electron chi connectivity index (χ4n) is 4.48. The highest BCUT2D eigenvalue weighted by Gasteiger charge is 2.28. The smallest absolute Gasteiger partial charge is 0.287 e. The van der Waals surface area contributed by atoms with Gasteiger partial charge in [-0.3, -0.25) is 25.4 Å². The Morgan fingerprint density at radius 3 is 2.21 bits per heavy atom. The number of halogens is 1. The van der Waals surface area contributed by atoms with Gasteiger partial charge >= 0.3 is 0 Å². The van der Waals surface area contributed by atoms with Crippen molar-refractivity contribution in [3.63, 3.8) is 0 Å². The van der Waals surface area contributed by atoms with E-state index in [0.717, 1.165) is 43.7 Å². The summed E-state index contributed by atoms with van der Waals surface area (Å²) in [6.07, 6.45) is 0. The lowest BCUT2D eigenvalue weighted by Gasteiger charge is -2.34. The molecule has 206 valence electrons. The molecule has 0 aromatic heterocycles. The number of phenolic OH excluding ortho intramolecular Hbond substituents is 2. The van der Waals surface area contributed by atoms with Crippen LogP contribution in [0.1, 0.15) is 57.2 Å². The van der Waals surface area contributed by atoms with E-state index in [-0.39, 0.29) is 34.7 Å². The average molecular weight is 527 g/mol. The van der Waals surface area contributed by atoms with Crippen LogP contribution in [0.2, 0.25) is 0 Å². The van der Waals surface area contributed by atoms with Crippen molar-refractivity contribution >= 4 is 23.3 Å². The van der Waals surface area contributed by atoms with Crippen molar-refractivity contribution in [1.82, 2.24) is 15.1 Å². The second-order valence-corrected chi connectivity index (χ2v) is 10.2. The minimum atomic E-state index is -0.745. The first kappa shape index (κ1) is 29.1. The molecular formula is C28H39FN6O3. The number of phenols is 2. The first-order valence-corrected chi connectivity index (χ1v) is 13.0. The van der Waals surface area contributed by atoms with Crippen molar-refractivity contribution in [2.24, 2.45) is 0 Å². The summed E-state index contributed by atoms with van der Waals surface area (Å²) in [7, 11) is 0. The van der Waals surface area contributed by atoms with Gasteiger partial charge in [0.2, 0.25) is 0 Å². The van der Waals surface area contributed by atoms with Gasteiger partial charge in [0.05, 0.1) is 11.3 Å². The quantitative estimate of drug-likeness (QED) is 0.276. The summed E-state index contributed by atoms with van der Waals surface area (Å²) >= 11 is 0. The van der Waals surface area contributed by atoms with E-state index in [1.807, 2.05) is 13.8 Å². The van der Waals surface area contributed by atoms with E-state index in [2.05, 4.69) is 22.0 Å². The third-order valence-corrected chi connectivity index (χ3v) is 6.71. The number of aromatic hydroxyl groups is 2. The van der Waals surface area contributed by atoms with Gasteiger partial charge in [-0.25, -0.2) is 4.39 Å². The van der Waals surface area contributed by atoms with Crippen LogP contribution in [0.5, 0.6) is 11.5 Å². The van der Waals surface area contributed by atoms with Gasteiger partial charge in [0.15, 0.2) is 5.84 Å². The maximum atomic E-state index is 15.4. The SMILES string of the molecule is CCN1CCN(Cc2ccc(N(C(=N)C(=O)NC(C)C)C(=N)c3cc(C(C)C)c(O)cc3O)cc2F)CC1. The number of hydrogen-bond acceptors (Lipinski definition) is 7. The molecule has 1 aliphatic heterocycles. The van der Waals surface area contributed by atoms with E-state index in [0.29, 0.717) is 17.7 Å². The largest absolute Gasteiger partial charge is 0.508 e. The van der Waals surface area contributed by atoms with Gasteiger partial charge in [-0.15, -0.1) is 0 Å². The second-order valence-electron chi connectivity index (χ2n) is 10.2. The van der Waals surface area contributed by atoms with Crippen LogP contribution in [0.4, 0.5) is 10.1 Å². The van der Waals surface area contributed by atoms with Gasteiger partial charge in [-0.1, -0.05) is 26.8 Å². The Labute approximate surface area is 223 Å². The first-order chi connectivity index (χ1) is 17.9. The zero-order valence-electron chi connectivity index (χ0n) is 22.8. The molecule has 5 N–H and O–H groups in total. The molecule has 0 saturated carbocycles. The number of rotatable bonds is 7. The summed E-state index contributed by atoms with van der Waals surface area (Å²) < 4.78 is 15.4. The minimum absolute atomic E-state index is 0.00637. The van der Waals surface area contributed by atoms with Crippen LogP contribution in [-0.4, -0.2) is 76.4 Å². The summed E-state index contributed by atoms with van der Waals surface area (Å²) in [5.74, 6) is -2.86. The lowest BCUT2D eigenvalue weighted by Crippen LogP contribution is -2.47. The Balaban J connectivity index is 1.97. The standard InChI is InChI=1S/C28H39FN6O3/c1-6-33-9-11-34(12-10-33)16-19-7-8-20(13-23(19)29)35(27(31)28(38)32-18(4)5)26(30)22-14-21(17(2)3)24(36)15-25(22)37/h7-8,13-15,17-18,30-31,36-37H,6,9-12,16H2,1-5H3,(H,32,38). The van der Waals surface area contributed by atoms with E-state index in [4.69, 9.17) is 10.8 Å². The molecule has 3 rings (SSSR count). The first-order valence-electron chi connectivity index (χ1n) is 13.0. The molecule has 38 heavy (non-hydrogen) atoms. The number of likely N-dealkylation sites (N-methyl/N-ethyl adjacent to an activating group) is 1. The van der Waals surface area contributed by atoms with E-state index in [1.54, 1.807) is 26.0 Å². The number of nitrogens with zero attached hydrogens (tertiary/aromatic N) is 3. The molecule has 0 atom stereocenters. The molecule has 1 heterocycles. The third kappa shape index (κ3) is 6.68. The Morgan fingerprint density at radius 1 is 1.03 bits per heavy atom. The highest BCUT2D eigenvalue weighted by molar-refractivity contribution is 6.48. The fourth-order valence-corrected chi connectivity index (χ4v) is 4.48. The third-order valence-electron chi connectivity index (χ3n) is 6.71. The molecule has 0 radical (unpaired) electrons. The predicted octanol–water partition coefficient (Wildman–Crippen LogP) is 3.83. The van der Waals surface area contributed by atoms with Crippen molar-refractivity contribution in [3.8, 4) is 11.5 Å². The van der Waals surface area contributed by atoms with E-state index in [9.17, 15) is 15.0 Å². The van der Waals surface area contributed by atoms with E-state index < -0.39 is 23.4 Å². The Hall–Kier alpha value is -3.50. The Morgan fingerprint density at radius 2 is 1.66 bits per heavy atom. The highest BCUT2D eigenvalue weighted by Crippen LogP contribution is 2.34. The lowest BCUT2D eigenvalue weighted by molar-refractivity contribution is -0.115. The van der Waals surface area contributed by atoms with Crippen molar-refractivity contribution < 1.29 is 19.4 Å². The molecule has 0 bridgehead atoms. The Kier molecular flexibility index (Phi) is 9.45. The topological polar surface area (TPSA) is 127 Å². The molecule has 1 aliphatic rings. The van der Waals surface area contributed by atoms with Crippen molar-refractivity contribution in [2.45, 2.75) is 53.1 Å². The van der Waals surface area contributed by atoms with Gasteiger partial charge < -0.3 is 20.4 Å².